The van der Waals surface area contributed by atoms with E-state index in [0.717, 1.165) is 43.9 Å². The zero-order valence-electron chi connectivity index (χ0n) is 17.6. The Morgan fingerprint density at radius 3 is 2.50 bits per heavy atom. The van der Waals surface area contributed by atoms with Crippen molar-refractivity contribution >= 4 is 27.7 Å². The highest BCUT2D eigenvalue weighted by atomic mass is 32.2. The predicted molar refractivity (Wildman–Crippen MR) is 110 cm³/mol. The molecule has 1 aliphatic carbocycles. The lowest BCUT2D eigenvalue weighted by molar-refractivity contribution is -0.141. The minimum Gasteiger partial charge on any atom is -0.334 e. The van der Waals surface area contributed by atoms with Gasteiger partial charge in [0.25, 0.3) is 5.91 Å². The van der Waals surface area contributed by atoms with Crippen LogP contribution in [-0.2, 0) is 25.0 Å². The molecule has 3 aliphatic rings. The average Bonchev–Trinajstić information content (AvgIpc) is 3.41. The molecule has 2 unspecified atom stereocenters. The molecule has 8 nitrogen and oxygen atoms in total. The summed E-state index contributed by atoms with van der Waals surface area (Å²) in [4.78, 5) is 41.2. The molecule has 1 saturated carbocycles. The molecule has 1 N–H and O–H groups in total. The van der Waals surface area contributed by atoms with Gasteiger partial charge in [-0.15, -0.1) is 0 Å². The van der Waals surface area contributed by atoms with E-state index in [9.17, 15) is 31.6 Å². The van der Waals surface area contributed by atoms with Gasteiger partial charge in [0.2, 0.25) is 5.91 Å². The quantitative estimate of drug-likeness (QED) is 0.661. The van der Waals surface area contributed by atoms with Crippen molar-refractivity contribution in [1.29, 1.82) is 0 Å². The Hall–Kier alpha value is -2.56. The number of halogens is 2. The molecule has 2 heterocycles. The molecule has 0 radical (unpaired) electrons. The molecule has 11 heteroatoms. The van der Waals surface area contributed by atoms with E-state index in [1.165, 1.54) is 11.8 Å². The molecule has 2 saturated heterocycles. The van der Waals surface area contributed by atoms with Gasteiger partial charge in [0.15, 0.2) is 9.84 Å². The second-order valence-electron chi connectivity index (χ2n) is 8.87. The van der Waals surface area contributed by atoms with E-state index in [1.54, 1.807) is 0 Å². The van der Waals surface area contributed by atoms with Crippen LogP contribution in [0.15, 0.2) is 18.2 Å². The fraction of sp³-hybridized carbons (Fsp3) is 0.571. The highest BCUT2D eigenvalue weighted by Crippen LogP contribution is 2.33. The summed E-state index contributed by atoms with van der Waals surface area (Å²) in [6.07, 6.45) is 3.60. The lowest BCUT2D eigenvalue weighted by Gasteiger charge is -2.35. The van der Waals surface area contributed by atoms with Gasteiger partial charge >= 0.3 is 6.03 Å². The smallest absolute Gasteiger partial charge is 0.325 e. The second kappa shape index (κ2) is 8.09. The molecule has 4 amide bonds. The first-order valence-corrected chi connectivity index (χ1v) is 12.5. The van der Waals surface area contributed by atoms with Crippen LogP contribution in [0.4, 0.5) is 13.6 Å². The van der Waals surface area contributed by atoms with E-state index in [2.05, 4.69) is 5.32 Å². The van der Waals surface area contributed by atoms with Crippen LogP contribution in [0.1, 0.15) is 44.6 Å². The second-order valence-corrected chi connectivity index (χ2v) is 11.1. The molecule has 2 aliphatic heterocycles. The molecule has 0 aromatic heterocycles. The fourth-order valence-corrected chi connectivity index (χ4v) is 6.71. The number of urea groups is 1. The van der Waals surface area contributed by atoms with Crippen LogP contribution in [0.25, 0.3) is 0 Å². The van der Waals surface area contributed by atoms with E-state index in [0.29, 0.717) is 11.3 Å². The molecular weight excluding hydrogens is 444 g/mol. The van der Waals surface area contributed by atoms with Gasteiger partial charge in [-0.25, -0.2) is 22.0 Å². The summed E-state index contributed by atoms with van der Waals surface area (Å²) in [5.74, 6) is -3.17. The summed E-state index contributed by atoms with van der Waals surface area (Å²) in [5.41, 5.74) is -2.20. The molecule has 174 valence electrons. The number of benzene rings is 1. The Kier molecular flexibility index (Phi) is 5.72. The van der Waals surface area contributed by atoms with Crippen molar-refractivity contribution in [2.24, 2.45) is 0 Å². The van der Waals surface area contributed by atoms with Crippen molar-refractivity contribution in [3.8, 4) is 0 Å². The number of imide groups is 1. The average molecular weight is 470 g/mol. The highest BCUT2D eigenvalue weighted by Gasteiger charge is 2.51. The topological polar surface area (TPSA) is 104 Å². The molecule has 1 aromatic rings. The fourth-order valence-electron chi connectivity index (χ4n) is 5.00. The zero-order valence-corrected chi connectivity index (χ0v) is 18.5. The molecule has 0 spiro atoms. The summed E-state index contributed by atoms with van der Waals surface area (Å²) in [6.45, 7) is 0.665. The lowest BCUT2D eigenvalue weighted by atomic mass is 9.91. The molecule has 0 bridgehead atoms. The van der Waals surface area contributed by atoms with Gasteiger partial charge in [0.1, 0.15) is 23.7 Å². The van der Waals surface area contributed by atoms with E-state index in [1.807, 2.05) is 0 Å². The van der Waals surface area contributed by atoms with Gasteiger partial charge in [0.05, 0.1) is 11.5 Å². The minimum absolute atomic E-state index is 0.00574. The van der Waals surface area contributed by atoms with Crippen LogP contribution in [-0.4, -0.2) is 66.2 Å². The highest BCUT2D eigenvalue weighted by molar-refractivity contribution is 7.91. The van der Waals surface area contributed by atoms with Crippen LogP contribution < -0.4 is 5.32 Å². The van der Waals surface area contributed by atoms with Crippen molar-refractivity contribution < 1.29 is 31.6 Å². The van der Waals surface area contributed by atoms with Gasteiger partial charge in [-0.1, -0.05) is 12.8 Å². The van der Waals surface area contributed by atoms with E-state index in [-0.39, 0.29) is 23.1 Å². The SMILES string of the molecule is CC1(c2cc(F)ccc2F)NC(=O)N(CC(=O)N(C2CCCC2)C2CCS(=O)(=O)C2)C1=O. The number of hydrogen-bond acceptors (Lipinski definition) is 5. The van der Waals surface area contributed by atoms with Crippen LogP contribution in [0, 0.1) is 11.6 Å². The number of nitrogens with zero attached hydrogens (tertiary/aromatic N) is 2. The number of nitrogens with one attached hydrogen (secondary N) is 1. The predicted octanol–water partition coefficient (Wildman–Crippen LogP) is 1.69. The summed E-state index contributed by atoms with van der Waals surface area (Å²) < 4.78 is 52.0. The molecule has 2 atom stereocenters. The van der Waals surface area contributed by atoms with Crippen LogP contribution in [0.3, 0.4) is 0 Å². The molecular formula is C21H25F2N3O5S. The first-order chi connectivity index (χ1) is 15.0. The Bertz CT molecular complexity index is 1070. The molecule has 4 rings (SSSR count). The maximum atomic E-state index is 14.3. The number of carbonyl (C=O) groups is 3. The van der Waals surface area contributed by atoms with Crippen molar-refractivity contribution in [2.45, 2.75) is 56.7 Å². The first kappa shape index (κ1) is 22.6. The van der Waals surface area contributed by atoms with Crippen LogP contribution >= 0.6 is 0 Å². The van der Waals surface area contributed by atoms with Crippen molar-refractivity contribution in [1.82, 2.24) is 15.1 Å². The molecule has 3 fully saturated rings. The van der Waals surface area contributed by atoms with Crippen molar-refractivity contribution in [3.63, 3.8) is 0 Å². The number of hydrogen-bond donors (Lipinski definition) is 1. The van der Waals surface area contributed by atoms with Gasteiger partial charge in [0, 0.05) is 17.6 Å². The lowest BCUT2D eigenvalue weighted by Crippen LogP contribution is -2.52. The van der Waals surface area contributed by atoms with Gasteiger partial charge in [-0.05, 0) is 44.4 Å². The van der Waals surface area contributed by atoms with Gasteiger partial charge in [-0.3, -0.25) is 14.5 Å². The van der Waals surface area contributed by atoms with Crippen LogP contribution in [0.5, 0.6) is 0 Å². The maximum absolute atomic E-state index is 14.3. The Morgan fingerprint density at radius 1 is 1.19 bits per heavy atom. The number of amides is 4. The van der Waals surface area contributed by atoms with Crippen molar-refractivity contribution in [3.05, 3.63) is 35.4 Å². The van der Waals surface area contributed by atoms with Crippen LogP contribution in [0.2, 0.25) is 0 Å². The number of sulfone groups is 1. The van der Waals surface area contributed by atoms with Gasteiger partial charge in [-0.2, -0.15) is 0 Å². The minimum atomic E-state index is -3.25. The summed E-state index contributed by atoms with van der Waals surface area (Å²) in [6, 6.07) is 1.08. The van der Waals surface area contributed by atoms with Gasteiger partial charge < -0.3 is 10.2 Å². The first-order valence-electron chi connectivity index (χ1n) is 10.6. The third kappa shape index (κ3) is 3.98. The molecule has 32 heavy (non-hydrogen) atoms. The Morgan fingerprint density at radius 2 is 1.88 bits per heavy atom. The summed E-state index contributed by atoms with van der Waals surface area (Å²) in [5, 5.41) is 2.38. The Labute approximate surface area is 184 Å². The molecule has 1 aromatic carbocycles. The van der Waals surface area contributed by atoms with E-state index < -0.39 is 57.4 Å². The van der Waals surface area contributed by atoms with E-state index >= 15 is 0 Å². The Balaban J connectivity index is 1.58. The third-order valence-electron chi connectivity index (χ3n) is 6.64. The number of carbonyl (C=O) groups excluding carboxylic acids is 3. The third-order valence-corrected chi connectivity index (χ3v) is 8.39. The summed E-state index contributed by atoms with van der Waals surface area (Å²) in [7, 11) is -3.25. The largest absolute Gasteiger partial charge is 0.334 e. The monoisotopic (exact) mass is 469 g/mol. The van der Waals surface area contributed by atoms with E-state index in [4.69, 9.17) is 0 Å². The van der Waals surface area contributed by atoms with Crippen molar-refractivity contribution in [2.75, 3.05) is 18.1 Å². The maximum Gasteiger partial charge on any atom is 0.325 e. The number of rotatable bonds is 5. The summed E-state index contributed by atoms with van der Waals surface area (Å²) >= 11 is 0. The normalized spacial score (nSPS) is 27.7. The standard InChI is InChI=1S/C21H25F2N3O5S/c1-21(16-10-13(22)6-7-17(16)23)19(28)25(20(29)24-21)11-18(27)26(14-4-2-3-5-14)15-8-9-32(30,31)12-15/h6-7,10,14-15H,2-5,8-9,11-12H2,1H3,(H,24,29). The zero-order chi connectivity index (χ0) is 23.3.